The number of carbonyl (C=O) groups excluding carboxylic acids is 1. The Labute approximate surface area is 66.4 Å². The first kappa shape index (κ1) is 10.1. The molecule has 0 amide bonds. The van der Waals surface area contributed by atoms with Crippen molar-refractivity contribution in [2.75, 3.05) is 0 Å². The maximum atomic E-state index is 11.0. The molecule has 0 bridgehead atoms. The van der Waals surface area contributed by atoms with Gasteiger partial charge >= 0.3 is 5.97 Å². The fourth-order valence-corrected chi connectivity index (χ4v) is 0.625. The van der Waals surface area contributed by atoms with Crippen LogP contribution in [0.5, 0.6) is 0 Å². The van der Waals surface area contributed by atoms with Gasteiger partial charge in [0.15, 0.2) is 0 Å². The summed E-state index contributed by atoms with van der Waals surface area (Å²) in [7, 11) is 0. The first-order chi connectivity index (χ1) is 4.95. The second-order valence-corrected chi connectivity index (χ2v) is 3.06. The Balaban J connectivity index is 3.85. The van der Waals surface area contributed by atoms with Crippen molar-refractivity contribution in [2.24, 2.45) is 11.8 Å². The molecule has 1 atom stereocenters. The molecule has 0 heterocycles. The van der Waals surface area contributed by atoms with Crippen LogP contribution in [0.4, 0.5) is 0 Å². The molecule has 3 heteroatoms. The predicted molar refractivity (Wildman–Crippen MR) is 41.3 cm³/mol. The maximum absolute atomic E-state index is 11.0. The summed E-state index contributed by atoms with van der Waals surface area (Å²) in [4.78, 5) is 21.3. The number of aliphatic carboxylic acids is 1. The van der Waals surface area contributed by atoms with Crippen molar-refractivity contribution < 1.29 is 14.7 Å². The van der Waals surface area contributed by atoms with Gasteiger partial charge < -0.3 is 5.11 Å². The van der Waals surface area contributed by atoms with Gasteiger partial charge in [-0.25, -0.2) is 0 Å². The van der Waals surface area contributed by atoms with Crippen molar-refractivity contribution in [3.8, 4) is 0 Å². The van der Waals surface area contributed by atoms with E-state index in [2.05, 4.69) is 0 Å². The first-order valence-electron chi connectivity index (χ1n) is 3.70. The van der Waals surface area contributed by atoms with E-state index in [1.165, 1.54) is 0 Å². The second kappa shape index (κ2) is 4.11. The van der Waals surface area contributed by atoms with Crippen LogP contribution in [0.15, 0.2) is 0 Å². The van der Waals surface area contributed by atoms with E-state index < -0.39 is 11.9 Å². The number of carbonyl (C=O) groups is 2. The lowest BCUT2D eigenvalue weighted by molar-refractivity contribution is -0.143. The predicted octanol–water partition coefficient (Wildman–Crippen LogP) is 1.32. The van der Waals surface area contributed by atoms with E-state index >= 15 is 0 Å². The summed E-state index contributed by atoms with van der Waals surface area (Å²) in [6.45, 7) is 5.09. The molecule has 0 aliphatic heterocycles. The Morgan fingerprint density at radius 2 is 1.73 bits per heavy atom. The highest BCUT2D eigenvalue weighted by Gasteiger charge is 2.17. The summed E-state index contributed by atoms with van der Waals surface area (Å²) in [5.41, 5.74) is 0. The summed E-state index contributed by atoms with van der Waals surface area (Å²) in [6.07, 6.45) is 0.146. The van der Waals surface area contributed by atoms with E-state index in [9.17, 15) is 9.59 Å². The monoisotopic (exact) mass is 158 g/mol. The smallest absolute Gasteiger partial charge is 0.306 e. The number of ketones is 1. The Kier molecular flexibility index (Phi) is 3.79. The minimum Gasteiger partial charge on any atom is -0.481 e. The van der Waals surface area contributed by atoms with Crippen LogP contribution in [-0.4, -0.2) is 16.9 Å². The van der Waals surface area contributed by atoms with Gasteiger partial charge in [0.25, 0.3) is 0 Å². The highest BCUT2D eigenvalue weighted by molar-refractivity contribution is 5.84. The Morgan fingerprint density at radius 3 is 2.00 bits per heavy atom. The standard InChI is InChI=1S/C8H14O3/c1-5(2)7(9)4-6(3)8(10)11/h5-6H,4H2,1-3H3,(H,10,11)/t6-/m0/s1. The average molecular weight is 158 g/mol. The molecule has 64 valence electrons. The molecule has 0 rings (SSSR count). The van der Waals surface area contributed by atoms with E-state index in [0.717, 1.165) is 0 Å². The van der Waals surface area contributed by atoms with Crippen LogP contribution in [0.25, 0.3) is 0 Å². The minimum atomic E-state index is -0.904. The first-order valence-corrected chi connectivity index (χ1v) is 3.70. The van der Waals surface area contributed by atoms with Crippen molar-refractivity contribution in [2.45, 2.75) is 27.2 Å². The fourth-order valence-electron chi connectivity index (χ4n) is 0.625. The number of Topliss-reactive ketones (excluding diaryl/α,β-unsaturated/α-hetero) is 1. The van der Waals surface area contributed by atoms with Crippen molar-refractivity contribution in [1.82, 2.24) is 0 Å². The molecular formula is C8H14O3. The summed E-state index contributed by atoms with van der Waals surface area (Å²) in [5.74, 6) is -1.50. The zero-order valence-electron chi connectivity index (χ0n) is 7.13. The molecule has 0 aromatic heterocycles. The van der Waals surface area contributed by atoms with Crippen LogP contribution < -0.4 is 0 Å². The molecule has 0 aliphatic carbocycles. The fraction of sp³-hybridized carbons (Fsp3) is 0.750. The Bertz CT molecular complexity index is 161. The van der Waals surface area contributed by atoms with Gasteiger partial charge in [-0.3, -0.25) is 9.59 Å². The molecule has 0 saturated heterocycles. The molecule has 0 unspecified atom stereocenters. The topological polar surface area (TPSA) is 54.4 Å². The lowest BCUT2D eigenvalue weighted by Crippen LogP contribution is -2.17. The van der Waals surface area contributed by atoms with Gasteiger partial charge in [-0.2, -0.15) is 0 Å². The maximum Gasteiger partial charge on any atom is 0.306 e. The van der Waals surface area contributed by atoms with Crippen molar-refractivity contribution >= 4 is 11.8 Å². The molecule has 1 N–H and O–H groups in total. The van der Waals surface area contributed by atoms with E-state index in [1.54, 1.807) is 20.8 Å². The Morgan fingerprint density at radius 1 is 1.27 bits per heavy atom. The van der Waals surface area contributed by atoms with Gasteiger partial charge in [-0.1, -0.05) is 20.8 Å². The third-order valence-corrected chi connectivity index (χ3v) is 1.57. The molecule has 0 spiro atoms. The van der Waals surface area contributed by atoms with Crippen LogP contribution in [0.3, 0.4) is 0 Å². The summed E-state index contributed by atoms with van der Waals surface area (Å²) < 4.78 is 0. The van der Waals surface area contributed by atoms with Crippen LogP contribution in [-0.2, 0) is 9.59 Å². The van der Waals surface area contributed by atoms with E-state index in [4.69, 9.17) is 5.11 Å². The van der Waals surface area contributed by atoms with Crippen LogP contribution in [0.2, 0.25) is 0 Å². The number of carboxylic acids is 1. The molecule has 0 aromatic rings. The van der Waals surface area contributed by atoms with Crippen molar-refractivity contribution in [3.63, 3.8) is 0 Å². The van der Waals surface area contributed by atoms with Crippen molar-refractivity contribution in [3.05, 3.63) is 0 Å². The van der Waals surface area contributed by atoms with E-state index in [0.29, 0.717) is 0 Å². The van der Waals surface area contributed by atoms with E-state index in [-0.39, 0.29) is 18.1 Å². The van der Waals surface area contributed by atoms with Gasteiger partial charge in [-0.15, -0.1) is 0 Å². The molecule has 0 saturated carbocycles. The molecule has 0 radical (unpaired) electrons. The lowest BCUT2D eigenvalue weighted by atomic mass is 9.98. The van der Waals surface area contributed by atoms with E-state index in [1.807, 2.05) is 0 Å². The zero-order valence-corrected chi connectivity index (χ0v) is 7.13. The van der Waals surface area contributed by atoms with Crippen LogP contribution in [0.1, 0.15) is 27.2 Å². The quantitative estimate of drug-likeness (QED) is 0.671. The SMILES string of the molecule is CC(C)C(=O)C[C@H](C)C(=O)O. The van der Waals surface area contributed by atoms with Gasteiger partial charge in [0, 0.05) is 12.3 Å². The van der Waals surface area contributed by atoms with Crippen molar-refractivity contribution in [1.29, 1.82) is 0 Å². The molecule has 3 nitrogen and oxygen atoms in total. The number of carboxylic acid groups (broad SMARTS) is 1. The number of hydrogen-bond acceptors (Lipinski definition) is 2. The lowest BCUT2D eigenvalue weighted by Gasteiger charge is -2.06. The minimum absolute atomic E-state index is 0.0138. The van der Waals surface area contributed by atoms with Crippen LogP contribution in [0, 0.1) is 11.8 Å². The highest BCUT2D eigenvalue weighted by atomic mass is 16.4. The molecule has 11 heavy (non-hydrogen) atoms. The second-order valence-electron chi connectivity index (χ2n) is 3.06. The zero-order chi connectivity index (χ0) is 9.02. The largest absolute Gasteiger partial charge is 0.481 e. The number of hydrogen-bond donors (Lipinski definition) is 1. The van der Waals surface area contributed by atoms with Crippen LogP contribution >= 0.6 is 0 Å². The Hall–Kier alpha value is -0.860. The molecule has 0 aliphatic rings. The summed E-state index contributed by atoms with van der Waals surface area (Å²) in [6, 6.07) is 0. The third kappa shape index (κ3) is 3.75. The van der Waals surface area contributed by atoms with Gasteiger partial charge in [-0.05, 0) is 0 Å². The molecule has 0 fully saturated rings. The summed E-state index contributed by atoms with van der Waals surface area (Å²) >= 11 is 0. The normalized spacial score (nSPS) is 13.1. The summed E-state index contributed by atoms with van der Waals surface area (Å²) in [5, 5.41) is 8.46. The molecule has 0 aromatic carbocycles. The number of rotatable bonds is 4. The average Bonchev–Trinajstić information content (AvgIpc) is 1.87. The van der Waals surface area contributed by atoms with Gasteiger partial charge in [0.2, 0.25) is 0 Å². The highest BCUT2D eigenvalue weighted by Crippen LogP contribution is 2.07. The molecular weight excluding hydrogens is 144 g/mol. The van der Waals surface area contributed by atoms with Gasteiger partial charge in [0.1, 0.15) is 5.78 Å². The third-order valence-electron chi connectivity index (χ3n) is 1.57. The van der Waals surface area contributed by atoms with Gasteiger partial charge in [0.05, 0.1) is 5.92 Å².